The predicted octanol–water partition coefficient (Wildman–Crippen LogP) is 5.14. The molecule has 1 aliphatic rings. The van der Waals surface area contributed by atoms with Gasteiger partial charge in [0, 0.05) is 30.4 Å². The van der Waals surface area contributed by atoms with E-state index in [4.69, 9.17) is 16.6 Å². The third-order valence-electron chi connectivity index (χ3n) is 6.14. The van der Waals surface area contributed by atoms with Crippen molar-refractivity contribution in [3.63, 3.8) is 0 Å². The Kier molecular flexibility index (Phi) is 6.45. The number of benzene rings is 3. The van der Waals surface area contributed by atoms with Gasteiger partial charge in [0.2, 0.25) is 5.89 Å². The number of carbonyl (C=O) groups is 1. The number of phenols is 1. The molecular weight excluding hydrogens is 494 g/mol. The molecule has 10 nitrogen and oxygen atoms in total. The second-order valence-corrected chi connectivity index (χ2v) is 9.19. The number of anilines is 2. The van der Waals surface area contributed by atoms with E-state index in [-0.39, 0.29) is 28.0 Å². The van der Waals surface area contributed by atoms with Crippen LogP contribution in [0.15, 0.2) is 59.0 Å². The SMILES string of the molecule is Cc1ccc2nc(-c3cc(NC(=S)NC(=O)c4ccc(N5CCCC5)c([N+](=O)[O-])c4)ccc3O)oc2c1. The summed E-state index contributed by atoms with van der Waals surface area (Å²) in [7, 11) is 0. The zero-order valence-corrected chi connectivity index (χ0v) is 20.7. The predicted molar refractivity (Wildman–Crippen MR) is 144 cm³/mol. The average molecular weight is 518 g/mol. The number of aromatic nitrogens is 1. The first-order chi connectivity index (χ1) is 17.8. The molecule has 0 atom stereocenters. The number of nitro benzene ring substituents is 1. The molecule has 11 heteroatoms. The molecule has 37 heavy (non-hydrogen) atoms. The van der Waals surface area contributed by atoms with Crippen LogP contribution in [0.2, 0.25) is 0 Å². The number of thiocarbonyl (C=S) groups is 1. The molecule has 0 aliphatic carbocycles. The minimum Gasteiger partial charge on any atom is -0.507 e. The lowest BCUT2D eigenvalue weighted by atomic mass is 10.1. The van der Waals surface area contributed by atoms with Crippen LogP contribution in [-0.2, 0) is 0 Å². The highest BCUT2D eigenvalue weighted by atomic mass is 32.1. The second kappa shape index (κ2) is 9.86. The summed E-state index contributed by atoms with van der Waals surface area (Å²) in [5.74, 6) is -0.377. The fourth-order valence-corrected chi connectivity index (χ4v) is 4.52. The maximum atomic E-state index is 12.8. The summed E-state index contributed by atoms with van der Waals surface area (Å²) in [6.07, 6.45) is 1.95. The lowest BCUT2D eigenvalue weighted by Gasteiger charge is -2.18. The maximum absolute atomic E-state index is 12.8. The number of aryl methyl sites for hydroxylation is 1. The van der Waals surface area contributed by atoms with Crippen LogP contribution in [0.1, 0.15) is 28.8 Å². The fraction of sp³-hybridized carbons (Fsp3) is 0.192. The molecule has 0 saturated carbocycles. The van der Waals surface area contributed by atoms with Gasteiger partial charge < -0.3 is 19.7 Å². The summed E-state index contributed by atoms with van der Waals surface area (Å²) in [6, 6.07) is 14.7. The molecule has 1 aromatic heterocycles. The van der Waals surface area contributed by atoms with Gasteiger partial charge in [0.25, 0.3) is 11.6 Å². The zero-order valence-electron chi connectivity index (χ0n) is 19.9. The third-order valence-corrected chi connectivity index (χ3v) is 6.34. The van der Waals surface area contributed by atoms with Crippen molar-refractivity contribution in [1.29, 1.82) is 0 Å². The van der Waals surface area contributed by atoms with Gasteiger partial charge in [-0.3, -0.25) is 20.2 Å². The number of nitrogens with zero attached hydrogens (tertiary/aromatic N) is 3. The maximum Gasteiger partial charge on any atom is 0.293 e. The molecule has 2 heterocycles. The van der Waals surface area contributed by atoms with Crippen LogP contribution in [0, 0.1) is 17.0 Å². The van der Waals surface area contributed by atoms with E-state index in [2.05, 4.69) is 15.6 Å². The molecule has 4 aromatic rings. The third kappa shape index (κ3) is 5.07. The van der Waals surface area contributed by atoms with Crippen molar-refractivity contribution in [2.45, 2.75) is 19.8 Å². The van der Waals surface area contributed by atoms with Crippen molar-refractivity contribution in [2.75, 3.05) is 23.3 Å². The van der Waals surface area contributed by atoms with E-state index in [0.717, 1.165) is 31.5 Å². The van der Waals surface area contributed by atoms with Crippen molar-refractivity contribution in [3.8, 4) is 17.2 Å². The molecule has 0 spiro atoms. The first kappa shape index (κ1) is 24.2. The number of nitro groups is 1. The summed E-state index contributed by atoms with van der Waals surface area (Å²) in [4.78, 5) is 30.3. The van der Waals surface area contributed by atoms with Crippen LogP contribution in [-0.4, -0.2) is 39.1 Å². The molecule has 0 bridgehead atoms. The largest absolute Gasteiger partial charge is 0.507 e. The summed E-state index contributed by atoms with van der Waals surface area (Å²) >= 11 is 5.28. The molecule has 188 valence electrons. The highest BCUT2D eigenvalue weighted by molar-refractivity contribution is 7.80. The Bertz CT molecular complexity index is 1540. The summed E-state index contributed by atoms with van der Waals surface area (Å²) < 4.78 is 5.82. The van der Waals surface area contributed by atoms with E-state index in [9.17, 15) is 20.0 Å². The van der Waals surface area contributed by atoms with E-state index in [1.54, 1.807) is 24.3 Å². The first-order valence-electron chi connectivity index (χ1n) is 11.6. The smallest absolute Gasteiger partial charge is 0.293 e. The molecule has 0 radical (unpaired) electrons. The van der Waals surface area contributed by atoms with Gasteiger partial charge in [-0.25, -0.2) is 4.98 Å². The lowest BCUT2D eigenvalue weighted by molar-refractivity contribution is -0.384. The molecule has 3 N–H and O–H groups in total. The van der Waals surface area contributed by atoms with Crippen molar-refractivity contribution < 1.29 is 19.2 Å². The molecule has 1 amide bonds. The number of carbonyl (C=O) groups excluding carboxylic acids is 1. The number of rotatable bonds is 5. The van der Waals surface area contributed by atoms with Crippen LogP contribution in [0.4, 0.5) is 17.1 Å². The molecular formula is C26H23N5O5S. The molecule has 0 unspecified atom stereocenters. The molecule has 1 aliphatic heterocycles. The number of hydrogen-bond donors (Lipinski definition) is 3. The number of amides is 1. The van der Waals surface area contributed by atoms with Gasteiger partial charge >= 0.3 is 0 Å². The number of hydrogen-bond acceptors (Lipinski definition) is 8. The normalized spacial score (nSPS) is 13.1. The van der Waals surface area contributed by atoms with Gasteiger partial charge in [0.1, 0.15) is 17.0 Å². The van der Waals surface area contributed by atoms with E-state index in [1.165, 1.54) is 12.1 Å². The van der Waals surface area contributed by atoms with Crippen LogP contribution in [0.5, 0.6) is 5.75 Å². The van der Waals surface area contributed by atoms with Gasteiger partial charge in [0.15, 0.2) is 10.7 Å². The summed E-state index contributed by atoms with van der Waals surface area (Å²) in [6.45, 7) is 3.44. The van der Waals surface area contributed by atoms with Crippen molar-refractivity contribution in [3.05, 3.63) is 75.8 Å². The van der Waals surface area contributed by atoms with Gasteiger partial charge in [-0.15, -0.1) is 0 Å². The van der Waals surface area contributed by atoms with Crippen molar-refractivity contribution in [1.82, 2.24) is 10.3 Å². The quantitative estimate of drug-likeness (QED) is 0.142. The Morgan fingerprint density at radius 3 is 2.68 bits per heavy atom. The lowest BCUT2D eigenvalue weighted by Crippen LogP contribution is -2.34. The molecule has 5 rings (SSSR count). The number of fused-ring (bicyclic) bond motifs is 1. The highest BCUT2D eigenvalue weighted by Crippen LogP contribution is 2.34. The number of nitrogens with one attached hydrogen (secondary N) is 2. The zero-order chi connectivity index (χ0) is 26.1. The highest BCUT2D eigenvalue weighted by Gasteiger charge is 2.24. The first-order valence-corrected chi connectivity index (χ1v) is 12.1. The Morgan fingerprint density at radius 1 is 1.14 bits per heavy atom. The second-order valence-electron chi connectivity index (χ2n) is 8.79. The van der Waals surface area contributed by atoms with Crippen molar-refractivity contribution >= 4 is 51.4 Å². The Hall–Kier alpha value is -4.51. The fourth-order valence-electron chi connectivity index (χ4n) is 4.31. The van der Waals surface area contributed by atoms with Crippen LogP contribution in [0.25, 0.3) is 22.6 Å². The summed E-state index contributed by atoms with van der Waals surface area (Å²) in [5.41, 5.74) is 3.61. The topological polar surface area (TPSA) is 134 Å². The Labute approximate surface area is 217 Å². The van der Waals surface area contributed by atoms with Gasteiger partial charge in [0.05, 0.1) is 10.5 Å². The van der Waals surface area contributed by atoms with Crippen LogP contribution >= 0.6 is 12.2 Å². The van der Waals surface area contributed by atoms with E-state index < -0.39 is 10.8 Å². The summed E-state index contributed by atoms with van der Waals surface area (Å²) in [5, 5.41) is 27.4. The van der Waals surface area contributed by atoms with E-state index in [1.807, 2.05) is 30.0 Å². The van der Waals surface area contributed by atoms with Gasteiger partial charge in [-0.2, -0.15) is 0 Å². The number of aromatic hydroxyl groups is 1. The molecule has 3 aromatic carbocycles. The average Bonchev–Trinajstić information content (AvgIpc) is 3.54. The van der Waals surface area contributed by atoms with E-state index in [0.29, 0.717) is 28.0 Å². The van der Waals surface area contributed by atoms with Crippen molar-refractivity contribution in [2.24, 2.45) is 0 Å². The van der Waals surface area contributed by atoms with Crippen LogP contribution < -0.4 is 15.5 Å². The van der Waals surface area contributed by atoms with E-state index >= 15 is 0 Å². The number of oxazole rings is 1. The van der Waals surface area contributed by atoms with Gasteiger partial charge in [-0.05, 0) is 80.0 Å². The Balaban J connectivity index is 1.31. The van der Waals surface area contributed by atoms with Crippen LogP contribution in [0.3, 0.4) is 0 Å². The minimum absolute atomic E-state index is 0.0129. The molecule has 1 saturated heterocycles. The Morgan fingerprint density at radius 2 is 1.92 bits per heavy atom. The van der Waals surface area contributed by atoms with Gasteiger partial charge in [-0.1, -0.05) is 6.07 Å². The number of phenolic OH excluding ortho intramolecular Hbond substituents is 1. The molecule has 1 fully saturated rings. The standard InChI is InChI=1S/C26H23N5O5S/c1-15-4-7-19-23(12-15)36-25(28-19)18-14-17(6-9-22(18)32)27-26(37)29-24(33)16-5-8-20(21(13-16)31(34)35)30-10-2-3-11-30/h4-9,12-14,32H,2-3,10-11H2,1H3,(H2,27,29,33,37). The minimum atomic E-state index is -0.582. The monoisotopic (exact) mass is 517 g/mol.